The molecule has 1 aromatic carbocycles. The van der Waals surface area contributed by atoms with Crippen LogP contribution in [0.2, 0.25) is 5.02 Å². The van der Waals surface area contributed by atoms with Crippen LogP contribution in [0.5, 0.6) is 0 Å². The van der Waals surface area contributed by atoms with E-state index in [0.29, 0.717) is 19.5 Å². The van der Waals surface area contributed by atoms with Gasteiger partial charge < -0.3 is 9.64 Å². The van der Waals surface area contributed by atoms with E-state index in [0.717, 1.165) is 25.7 Å². The van der Waals surface area contributed by atoms with Crippen molar-refractivity contribution in [3.8, 4) is 0 Å². The standard InChI is InChI=1S/C20H27ClN2O7S2/c1-22(16-8-11-31(26,27)14-16)19(24)13-30-20(25)15-6-7-17(21)18(12-15)32(28,29)23-9-4-2-3-5-10-23/h6-7,12,16H,2-5,8-11,13-14H2,1H3/t16-/m1/s1. The van der Waals surface area contributed by atoms with E-state index in [1.54, 1.807) is 0 Å². The zero-order valence-corrected chi connectivity index (χ0v) is 20.2. The fourth-order valence-corrected chi connectivity index (χ4v) is 7.64. The molecule has 2 aliphatic rings. The summed E-state index contributed by atoms with van der Waals surface area (Å²) in [6, 6.07) is 3.37. The van der Waals surface area contributed by atoms with Crippen LogP contribution in [0, 0.1) is 0 Å². The Morgan fingerprint density at radius 2 is 1.84 bits per heavy atom. The monoisotopic (exact) mass is 506 g/mol. The summed E-state index contributed by atoms with van der Waals surface area (Å²) < 4.78 is 55.8. The molecule has 2 fully saturated rings. The Balaban J connectivity index is 1.68. The third kappa shape index (κ3) is 5.81. The van der Waals surface area contributed by atoms with E-state index < -0.39 is 44.4 Å². The molecule has 2 saturated heterocycles. The molecule has 178 valence electrons. The molecule has 9 nitrogen and oxygen atoms in total. The maximum Gasteiger partial charge on any atom is 0.338 e. The smallest absolute Gasteiger partial charge is 0.338 e. The fourth-order valence-electron chi connectivity index (χ4n) is 3.85. The number of esters is 1. The van der Waals surface area contributed by atoms with Crippen molar-refractivity contribution < 1.29 is 31.2 Å². The molecule has 0 unspecified atom stereocenters. The van der Waals surface area contributed by atoms with E-state index in [1.807, 2.05) is 0 Å². The lowest BCUT2D eigenvalue weighted by molar-refractivity contribution is -0.134. The number of nitrogens with zero attached hydrogens (tertiary/aromatic N) is 2. The third-order valence-electron chi connectivity index (χ3n) is 5.83. The lowest BCUT2D eigenvalue weighted by Crippen LogP contribution is -2.40. The number of rotatable bonds is 6. The van der Waals surface area contributed by atoms with Gasteiger partial charge in [0.15, 0.2) is 16.4 Å². The molecule has 3 rings (SSSR count). The molecule has 0 aromatic heterocycles. The second-order valence-electron chi connectivity index (χ2n) is 8.10. The van der Waals surface area contributed by atoms with Gasteiger partial charge in [-0.2, -0.15) is 4.31 Å². The highest BCUT2D eigenvalue weighted by atomic mass is 35.5. The molecular weight excluding hydrogens is 480 g/mol. The molecule has 0 N–H and O–H groups in total. The Bertz CT molecular complexity index is 1080. The Hall–Kier alpha value is -1.69. The van der Waals surface area contributed by atoms with Gasteiger partial charge in [0.1, 0.15) is 4.90 Å². The number of amides is 1. The Labute approximate surface area is 193 Å². The molecule has 12 heteroatoms. The molecule has 2 heterocycles. The third-order valence-corrected chi connectivity index (χ3v) is 9.96. The summed E-state index contributed by atoms with van der Waals surface area (Å²) in [6.07, 6.45) is 3.78. The largest absolute Gasteiger partial charge is 0.452 e. The van der Waals surface area contributed by atoms with Gasteiger partial charge in [-0.15, -0.1) is 0 Å². The van der Waals surface area contributed by atoms with Gasteiger partial charge in [-0.05, 0) is 37.5 Å². The Morgan fingerprint density at radius 1 is 1.19 bits per heavy atom. The van der Waals surface area contributed by atoms with Gasteiger partial charge in [0.25, 0.3) is 5.91 Å². The Kier molecular flexibility index (Phi) is 7.85. The van der Waals surface area contributed by atoms with E-state index >= 15 is 0 Å². The van der Waals surface area contributed by atoms with Gasteiger partial charge >= 0.3 is 5.97 Å². The first-order valence-electron chi connectivity index (χ1n) is 10.4. The minimum absolute atomic E-state index is 0.00375. The molecule has 1 aromatic rings. The molecule has 0 radical (unpaired) electrons. The van der Waals surface area contributed by atoms with Crippen LogP contribution in [-0.4, -0.2) is 82.2 Å². The fraction of sp³-hybridized carbons (Fsp3) is 0.600. The number of likely N-dealkylation sites (N-methyl/N-ethyl adjacent to an activating group) is 1. The molecule has 0 saturated carbocycles. The number of hydrogen-bond donors (Lipinski definition) is 0. The summed E-state index contributed by atoms with van der Waals surface area (Å²) >= 11 is 6.14. The molecule has 1 atom stereocenters. The lowest BCUT2D eigenvalue weighted by Gasteiger charge is -2.23. The van der Waals surface area contributed by atoms with Gasteiger partial charge in [0.05, 0.1) is 22.1 Å². The number of carbonyl (C=O) groups is 2. The zero-order chi connectivity index (χ0) is 23.5. The summed E-state index contributed by atoms with van der Waals surface area (Å²) in [5.41, 5.74) is -0.0401. The van der Waals surface area contributed by atoms with Crippen molar-refractivity contribution in [1.29, 1.82) is 0 Å². The SMILES string of the molecule is CN(C(=O)COC(=O)c1ccc(Cl)c(S(=O)(=O)N2CCCCCC2)c1)[C@@H]1CCS(=O)(=O)C1. The maximum atomic E-state index is 13.1. The number of ether oxygens (including phenoxy) is 1. The second kappa shape index (κ2) is 10.1. The summed E-state index contributed by atoms with van der Waals surface area (Å²) in [5, 5.41) is 0.00375. The molecule has 0 spiro atoms. The minimum Gasteiger partial charge on any atom is -0.452 e. The molecule has 2 aliphatic heterocycles. The summed E-state index contributed by atoms with van der Waals surface area (Å²) in [5.74, 6) is -1.49. The zero-order valence-electron chi connectivity index (χ0n) is 17.8. The van der Waals surface area contributed by atoms with Crippen molar-refractivity contribution in [3.05, 3.63) is 28.8 Å². The molecular formula is C20H27ClN2O7S2. The average molecular weight is 507 g/mol. The highest BCUT2D eigenvalue weighted by molar-refractivity contribution is 7.91. The van der Waals surface area contributed by atoms with Gasteiger partial charge in [0.2, 0.25) is 10.0 Å². The maximum absolute atomic E-state index is 13.1. The van der Waals surface area contributed by atoms with E-state index in [1.165, 1.54) is 34.5 Å². The normalized spacial score (nSPS) is 21.6. The number of benzene rings is 1. The van der Waals surface area contributed by atoms with E-state index in [-0.39, 0.29) is 27.0 Å². The van der Waals surface area contributed by atoms with Crippen LogP contribution in [0.3, 0.4) is 0 Å². The van der Waals surface area contributed by atoms with Crippen LogP contribution in [-0.2, 0) is 29.4 Å². The summed E-state index contributed by atoms with van der Waals surface area (Å²) in [6.45, 7) is 0.207. The van der Waals surface area contributed by atoms with Crippen molar-refractivity contribution in [2.45, 2.75) is 43.0 Å². The predicted molar refractivity (Wildman–Crippen MR) is 119 cm³/mol. The summed E-state index contributed by atoms with van der Waals surface area (Å²) in [7, 11) is -5.57. The van der Waals surface area contributed by atoms with Gasteiger partial charge in [0, 0.05) is 26.2 Å². The first-order chi connectivity index (χ1) is 15.0. The van der Waals surface area contributed by atoms with Crippen molar-refractivity contribution in [3.63, 3.8) is 0 Å². The van der Waals surface area contributed by atoms with Gasteiger partial charge in [-0.1, -0.05) is 24.4 Å². The van der Waals surface area contributed by atoms with Gasteiger partial charge in [-0.3, -0.25) is 4.79 Å². The molecule has 32 heavy (non-hydrogen) atoms. The first kappa shape index (κ1) is 24.9. The number of hydrogen-bond acceptors (Lipinski definition) is 7. The van der Waals surface area contributed by atoms with E-state index in [2.05, 4.69) is 0 Å². The molecule has 0 bridgehead atoms. The lowest BCUT2D eigenvalue weighted by atomic mass is 10.2. The molecule has 1 amide bonds. The van der Waals surface area contributed by atoms with Crippen LogP contribution in [0.25, 0.3) is 0 Å². The van der Waals surface area contributed by atoms with Crippen molar-refractivity contribution in [2.75, 3.05) is 38.2 Å². The van der Waals surface area contributed by atoms with Gasteiger partial charge in [-0.25, -0.2) is 21.6 Å². The van der Waals surface area contributed by atoms with Crippen molar-refractivity contribution in [2.24, 2.45) is 0 Å². The second-order valence-corrected chi connectivity index (χ2v) is 12.6. The number of carbonyl (C=O) groups excluding carboxylic acids is 2. The topological polar surface area (TPSA) is 118 Å². The average Bonchev–Trinajstić information content (AvgIpc) is 2.94. The van der Waals surface area contributed by atoms with Crippen LogP contribution < -0.4 is 0 Å². The number of halogens is 1. The van der Waals surface area contributed by atoms with Crippen LogP contribution in [0.4, 0.5) is 0 Å². The highest BCUT2D eigenvalue weighted by Gasteiger charge is 2.33. The van der Waals surface area contributed by atoms with Crippen molar-refractivity contribution >= 4 is 43.3 Å². The minimum atomic E-state index is -3.88. The first-order valence-corrected chi connectivity index (χ1v) is 14.1. The predicted octanol–water partition coefficient (Wildman–Crippen LogP) is 1.71. The van der Waals surface area contributed by atoms with E-state index in [4.69, 9.17) is 16.3 Å². The number of sulfone groups is 1. The Morgan fingerprint density at radius 3 is 2.44 bits per heavy atom. The number of sulfonamides is 1. The summed E-state index contributed by atoms with van der Waals surface area (Å²) in [4.78, 5) is 25.9. The quantitative estimate of drug-likeness (QED) is 0.539. The van der Waals surface area contributed by atoms with Crippen LogP contribution in [0.1, 0.15) is 42.5 Å². The van der Waals surface area contributed by atoms with Crippen LogP contribution >= 0.6 is 11.6 Å². The highest BCUT2D eigenvalue weighted by Crippen LogP contribution is 2.28. The van der Waals surface area contributed by atoms with Crippen molar-refractivity contribution in [1.82, 2.24) is 9.21 Å². The van der Waals surface area contributed by atoms with Crippen LogP contribution in [0.15, 0.2) is 23.1 Å². The van der Waals surface area contributed by atoms with E-state index in [9.17, 15) is 26.4 Å². The molecule has 0 aliphatic carbocycles.